The van der Waals surface area contributed by atoms with Crippen molar-refractivity contribution in [1.29, 1.82) is 0 Å². The molecule has 2 rings (SSSR count). The number of methoxy groups -OCH3 is 1. The summed E-state index contributed by atoms with van der Waals surface area (Å²) in [6, 6.07) is 11.3. The number of para-hydroxylation sites is 2. The van der Waals surface area contributed by atoms with Gasteiger partial charge in [-0.3, -0.25) is 9.10 Å². The molecule has 1 N–H and O–H groups in total. The number of carbonyl (C=O) groups excluding carboxylic acids is 1. The van der Waals surface area contributed by atoms with Crippen molar-refractivity contribution in [3.05, 3.63) is 59.7 Å². The molecule has 10 heteroatoms. The van der Waals surface area contributed by atoms with Gasteiger partial charge in [0.25, 0.3) is 0 Å². The van der Waals surface area contributed by atoms with E-state index < -0.39 is 21.8 Å². The zero-order chi connectivity index (χ0) is 22.4. The topological polar surface area (TPSA) is 75.7 Å². The summed E-state index contributed by atoms with van der Waals surface area (Å²) in [5.41, 5.74) is -0.0910. The first-order chi connectivity index (χ1) is 14.0. The second-order valence-corrected chi connectivity index (χ2v) is 8.49. The number of carbonyl (C=O) groups is 1. The van der Waals surface area contributed by atoms with Crippen LogP contribution in [0.25, 0.3) is 0 Å². The van der Waals surface area contributed by atoms with Crippen molar-refractivity contribution in [2.24, 2.45) is 0 Å². The lowest BCUT2D eigenvalue weighted by molar-refractivity contribution is -0.137. The fourth-order valence-electron chi connectivity index (χ4n) is 2.83. The molecule has 164 valence electrons. The third-order valence-corrected chi connectivity index (χ3v) is 5.44. The van der Waals surface area contributed by atoms with E-state index in [2.05, 4.69) is 5.32 Å². The maximum absolute atomic E-state index is 12.7. The number of amides is 1. The average Bonchev–Trinajstić information content (AvgIpc) is 2.68. The van der Waals surface area contributed by atoms with Crippen molar-refractivity contribution in [2.45, 2.75) is 25.6 Å². The molecule has 0 aromatic heterocycles. The summed E-state index contributed by atoms with van der Waals surface area (Å²) in [6.07, 6.45) is -3.15. The number of alkyl halides is 3. The van der Waals surface area contributed by atoms with Gasteiger partial charge < -0.3 is 10.1 Å². The normalized spacial score (nSPS) is 11.8. The minimum atomic E-state index is -4.45. The van der Waals surface area contributed by atoms with Crippen LogP contribution in [-0.4, -0.2) is 34.2 Å². The molecule has 0 atom stereocenters. The van der Waals surface area contributed by atoms with Gasteiger partial charge in [-0.05, 0) is 36.2 Å². The lowest BCUT2D eigenvalue weighted by Crippen LogP contribution is -2.32. The highest BCUT2D eigenvalue weighted by atomic mass is 32.2. The van der Waals surface area contributed by atoms with Crippen molar-refractivity contribution in [3.63, 3.8) is 0 Å². The molecule has 0 spiro atoms. The molecule has 0 saturated carbocycles. The lowest BCUT2D eigenvalue weighted by atomic mass is 10.1. The number of benzene rings is 2. The number of nitrogens with zero attached hydrogens (tertiary/aromatic N) is 1. The molecule has 0 saturated heterocycles. The first-order valence-corrected chi connectivity index (χ1v) is 10.9. The van der Waals surface area contributed by atoms with Crippen LogP contribution in [0.15, 0.2) is 48.5 Å². The molecular weight excluding hydrogens is 421 g/mol. The molecule has 0 heterocycles. The van der Waals surface area contributed by atoms with Crippen molar-refractivity contribution in [2.75, 3.05) is 24.2 Å². The van der Waals surface area contributed by atoms with Crippen molar-refractivity contribution < 1.29 is 31.1 Å². The monoisotopic (exact) mass is 444 g/mol. The first-order valence-electron chi connectivity index (χ1n) is 9.06. The zero-order valence-corrected chi connectivity index (χ0v) is 17.4. The quantitative estimate of drug-likeness (QED) is 0.642. The van der Waals surface area contributed by atoms with Gasteiger partial charge in [0, 0.05) is 19.5 Å². The van der Waals surface area contributed by atoms with Crippen LogP contribution in [0, 0.1) is 0 Å². The molecule has 2 aromatic rings. The number of halogens is 3. The van der Waals surface area contributed by atoms with E-state index in [1.807, 2.05) is 0 Å². The highest BCUT2D eigenvalue weighted by Gasteiger charge is 2.30. The predicted molar refractivity (Wildman–Crippen MR) is 108 cm³/mol. The Kier molecular flexibility index (Phi) is 7.71. The van der Waals surface area contributed by atoms with Crippen molar-refractivity contribution in [1.82, 2.24) is 5.32 Å². The molecule has 0 aliphatic heterocycles. The molecule has 2 aromatic carbocycles. The van der Waals surface area contributed by atoms with Gasteiger partial charge in [0.1, 0.15) is 5.75 Å². The van der Waals surface area contributed by atoms with Gasteiger partial charge in [0.15, 0.2) is 0 Å². The maximum atomic E-state index is 12.7. The van der Waals surface area contributed by atoms with E-state index in [-0.39, 0.29) is 31.8 Å². The van der Waals surface area contributed by atoms with Gasteiger partial charge >= 0.3 is 6.18 Å². The second-order valence-electron chi connectivity index (χ2n) is 6.59. The number of hydrogen-bond acceptors (Lipinski definition) is 4. The number of sulfonamides is 1. The number of hydrogen-bond donors (Lipinski definition) is 1. The summed E-state index contributed by atoms with van der Waals surface area (Å²) in [5.74, 6) is -0.00203. The Balaban J connectivity index is 1.94. The molecule has 0 aliphatic rings. The minimum Gasteiger partial charge on any atom is -0.495 e. The summed E-state index contributed by atoms with van der Waals surface area (Å²) in [6.45, 7) is 0.00123. The maximum Gasteiger partial charge on any atom is 0.416 e. The molecule has 0 unspecified atom stereocenters. The highest BCUT2D eigenvalue weighted by molar-refractivity contribution is 7.92. The van der Waals surface area contributed by atoms with Crippen LogP contribution >= 0.6 is 0 Å². The van der Waals surface area contributed by atoms with Gasteiger partial charge in [-0.2, -0.15) is 13.2 Å². The summed E-state index contributed by atoms with van der Waals surface area (Å²) >= 11 is 0. The predicted octanol–water partition coefficient (Wildman–Crippen LogP) is 3.58. The summed E-state index contributed by atoms with van der Waals surface area (Å²) < 4.78 is 69.0. The fourth-order valence-corrected chi connectivity index (χ4v) is 3.80. The van der Waals surface area contributed by atoms with Gasteiger partial charge in [0.2, 0.25) is 15.9 Å². The third kappa shape index (κ3) is 6.65. The Morgan fingerprint density at radius 3 is 2.47 bits per heavy atom. The number of anilines is 1. The van der Waals surface area contributed by atoms with Crippen LogP contribution in [0.1, 0.15) is 24.0 Å². The molecule has 30 heavy (non-hydrogen) atoms. The molecule has 1 amide bonds. The Hall–Kier alpha value is -2.75. The van der Waals surface area contributed by atoms with E-state index >= 15 is 0 Å². The summed E-state index contributed by atoms with van der Waals surface area (Å²) in [4.78, 5) is 12.1. The van der Waals surface area contributed by atoms with E-state index in [9.17, 15) is 26.4 Å². The van der Waals surface area contributed by atoms with Crippen LogP contribution in [0.4, 0.5) is 18.9 Å². The van der Waals surface area contributed by atoms with E-state index in [1.165, 1.54) is 19.2 Å². The van der Waals surface area contributed by atoms with Crippen LogP contribution in [0.5, 0.6) is 5.75 Å². The molecule has 0 radical (unpaired) electrons. The standard InChI is InChI=1S/C20H23F3N2O4S/c1-29-18-10-4-3-9-17(18)25(30(2,27)28)12-6-11-19(26)24-14-15-7-5-8-16(13-15)20(21,22)23/h3-5,7-10,13H,6,11-12,14H2,1-2H3,(H,24,26). The van der Waals surface area contributed by atoms with Gasteiger partial charge in [-0.1, -0.05) is 24.3 Å². The van der Waals surface area contributed by atoms with E-state index in [0.29, 0.717) is 17.0 Å². The zero-order valence-electron chi connectivity index (χ0n) is 16.6. The van der Waals surface area contributed by atoms with Crippen LogP contribution < -0.4 is 14.4 Å². The largest absolute Gasteiger partial charge is 0.495 e. The third-order valence-electron chi connectivity index (χ3n) is 4.26. The Morgan fingerprint density at radius 2 is 1.83 bits per heavy atom. The Morgan fingerprint density at radius 1 is 1.13 bits per heavy atom. The lowest BCUT2D eigenvalue weighted by Gasteiger charge is -2.24. The summed E-state index contributed by atoms with van der Waals surface area (Å²) in [7, 11) is -2.18. The minimum absolute atomic E-state index is 0.0140. The van der Waals surface area contributed by atoms with Crippen molar-refractivity contribution in [3.8, 4) is 5.75 Å². The molecule has 0 aliphatic carbocycles. The van der Waals surface area contributed by atoms with Gasteiger partial charge in [-0.15, -0.1) is 0 Å². The number of nitrogens with one attached hydrogen (secondary N) is 1. The summed E-state index contributed by atoms with van der Waals surface area (Å²) in [5, 5.41) is 2.55. The smallest absolute Gasteiger partial charge is 0.416 e. The number of rotatable bonds is 9. The SMILES string of the molecule is COc1ccccc1N(CCCC(=O)NCc1cccc(C(F)(F)F)c1)S(C)(=O)=O. The fraction of sp³-hybridized carbons (Fsp3) is 0.350. The van der Waals surface area contributed by atoms with Crippen LogP contribution in [-0.2, 0) is 27.5 Å². The second kappa shape index (κ2) is 9.84. The molecule has 0 fully saturated rings. The van der Waals surface area contributed by atoms with E-state index in [1.54, 1.807) is 24.3 Å². The number of ether oxygens (including phenoxy) is 1. The Bertz CT molecular complexity index is 978. The molecule has 0 bridgehead atoms. The van der Waals surface area contributed by atoms with Crippen LogP contribution in [0.3, 0.4) is 0 Å². The highest BCUT2D eigenvalue weighted by Crippen LogP contribution is 2.30. The first kappa shape index (κ1) is 23.5. The van der Waals surface area contributed by atoms with Gasteiger partial charge in [0.05, 0.1) is 24.6 Å². The van der Waals surface area contributed by atoms with E-state index in [0.717, 1.165) is 22.7 Å². The van der Waals surface area contributed by atoms with Crippen LogP contribution in [0.2, 0.25) is 0 Å². The van der Waals surface area contributed by atoms with E-state index in [4.69, 9.17) is 4.74 Å². The molecular formula is C20H23F3N2O4S. The average molecular weight is 444 g/mol. The van der Waals surface area contributed by atoms with Gasteiger partial charge in [-0.25, -0.2) is 8.42 Å². The Labute approximate surface area is 173 Å². The molecule has 6 nitrogen and oxygen atoms in total. The van der Waals surface area contributed by atoms with Crippen molar-refractivity contribution >= 4 is 21.6 Å².